The zero-order chi connectivity index (χ0) is 27.5. The summed E-state index contributed by atoms with van der Waals surface area (Å²) in [5.41, 5.74) is 1.44. The van der Waals surface area contributed by atoms with Gasteiger partial charge in [-0.3, -0.25) is 0 Å². The molecule has 9 heteroatoms. The minimum atomic E-state index is -1.64. The molecule has 5 aliphatic rings. The molecule has 5 N–H and O–H groups in total. The highest BCUT2D eigenvalue weighted by Gasteiger charge is 2.80. The van der Waals surface area contributed by atoms with Crippen LogP contribution in [0.3, 0.4) is 0 Å². The number of aliphatic hydroxyl groups excluding tert-OH is 5. The zero-order valence-electron chi connectivity index (χ0n) is 22.2. The molecule has 38 heavy (non-hydrogen) atoms. The van der Waals surface area contributed by atoms with Gasteiger partial charge in [0.05, 0.1) is 25.1 Å². The van der Waals surface area contributed by atoms with Gasteiger partial charge in [0, 0.05) is 11.5 Å². The van der Waals surface area contributed by atoms with Crippen LogP contribution in [-0.4, -0.2) is 74.5 Å². The van der Waals surface area contributed by atoms with Gasteiger partial charge < -0.3 is 39.5 Å². The fourth-order valence-corrected chi connectivity index (χ4v) is 9.15. The molecule has 0 bridgehead atoms. The van der Waals surface area contributed by atoms with E-state index >= 15 is 0 Å². The second-order valence-electron chi connectivity index (χ2n) is 12.8. The van der Waals surface area contributed by atoms with Crippen molar-refractivity contribution in [1.29, 1.82) is 0 Å². The molecule has 6 rings (SSSR count). The monoisotopic (exact) mass is 534 g/mol. The molecule has 9 nitrogen and oxygen atoms in total. The van der Waals surface area contributed by atoms with Crippen LogP contribution in [0, 0.1) is 28.6 Å². The molecule has 1 aromatic rings. The van der Waals surface area contributed by atoms with Gasteiger partial charge >= 0.3 is 5.63 Å². The molecule has 0 unspecified atom stereocenters. The molecule has 5 fully saturated rings. The van der Waals surface area contributed by atoms with Crippen LogP contribution in [0.25, 0.3) is 0 Å². The lowest BCUT2D eigenvalue weighted by Gasteiger charge is -2.61. The Morgan fingerprint density at radius 1 is 1.05 bits per heavy atom. The number of aliphatic hydroxyl groups is 5. The molecule has 4 saturated carbocycles. The molecule has 1 aromatic heterocycles. The molecule has 0 aromatic carbocycles. The highest BCUT2D eigenvalue weighted by atomic mass is 16.6. The molecule has 1 spiro atoms. The Morgan fingerprint density at radius 2 is 1.82 bits per heavy atom. The van der Waals surface area contributed by atoms with Gasteiger partial charge in [-0.15, -0.1) is 0 Å². The number of epoxide rings is 1. The summed E-state index contributed by atoms with van der Waals surface area (Å²) < 4.78 is 11.8. The molecular formula is C29H42O9. The maximum Gasteiger partial charge on any atom is 0.335 e. The quantitative estimate of drug-likeness (QED) is 0.279. The summed E-state index contributed by atoms with van der Waals surface area (Å²) in [5, 5.41) is 44.3. The van der Waals surface area contributed by atoms with Crippen molar-refractivity contribution >= 4 is 6.29 Å². The molecule has 1 aliphatic heterocycles. The molecule has 212 valence electrons. The van der Waals surface area contributed by atoms with Gasteiger partial charge in [-0.2, -0.15) is 0 Å². The number of rotatable bonds is 5. The molecule has 2 heterocycles. The summed E-state index contributed by atoms with van der Waals surface area (Å²) in [7, 11) is 0. The predicted octanol–water partition coefficient (Wildman–Crippen LogP) is 1.52. The van der Waals surface area contributed by atoms with Crippen LogP contribution in [0.15, 0.2) is 27.6 Å². The fraction of sp³-hybridized carbons (Fsp3) is 0.793. The number of carbonyl (C=O) groups excluding carboxylic acids is 1. The Hall–Kier alpha value is -1.62. The SMILES string of the molecule is C[C@]12CC[C@H](O)C[C@H]1CC[C@@H]1[C@@H]2CC[C@]2(C)[C@@H](c3ccc(=O)oc3)C[C@H]3O[C@]132.O=C[C@H](O)[C@H](O)[C@H](O)CO. The van der Waals surface area contributed by atoms with E-state index in [4.69, 9.17) is 29.6 Å². The lowest BCUT2D eigenvalue weighted by Crippen LogP contribution is -2.58. The van der Waals surface area contributed by atoms with Crippen molar-refractivity contribution in [3.8, 4) is 0 Å². The number of fused-ring (bicyclic) bond motifs is 3. The van der Waals surface area contributed by atoms with Gasteiger partial charge in [-0.1, -0.05) is 13.8 Å². The Morgan fingerprint density at radius 3 is 2.47 bits per heavy atom. The molecule has 12 atom stereocenters. The van der Waals surface area contributed by atoms with Crippen molar-refractivity contribution in [3.05, 3.63) is 34.4 Å². The van der Waals surface area contributed by atoms with Crippen molar-refractivity contribution in [1.82, 2.24) is 0 Å². The van der Waals surface area contributed by atoms with Gasteiger partial charge in [0.1, 0.15) is 23.9 Å². The smallest absolute Gasteiger partial charge is 0.335 e. The van der Waals surface area contributed by atoms with E-state index in [9.17, 15) is 14.7 Å². The summed E-state index contributed by atoms with van der Waals surface area (Å²) in [5.74, 6) is 2.48. The summed E-state index contributed by atoms with van der Waals surface area (Å²) in [6.07, 6.45) is 6.51. The number of aldehydes is 1. The first-order valence-electron chi connectivity index (χ1n) is 14.1. The van der Waals surface area contributed by atoms with E-state index < -0.39 is 24.9 Å². The lowest BCUT2D eigenvalue weighted by molar-refractivity contribution is -0.139. The van der Waals surface area contributed by atoms with Gasteiger partial charge in [0.15, 0.2) is 6.29 Å². The molecule has 4 aliphatic carbocycles. The number of ether oxygens (including phenoxy) is 1. The second kappa shape index (κ2) is 10.1. The van der Waals surface area contributed by atoms with Gasteiger partial charge in [-0.05, 0) is 92.1 Å². The zero-order valence-corrected chi connectivity index (χ0v) is 22.2. The minimum absolute atomic E-state index is 0.0285. The van der Waals surface area contributed by atoms with E-state index in [1.165, 1.54) is 37.7 Å². The van der Waals surface area contributed by atoms with E-state index in [0.717, 1.165) is 25.2 Å². The normalized spacial score (nSPS) is 45.1. The minimum Gasteiger partial charge on any atom is -0.431 e. The van der Waals surface area contributed by atoms with E-state index in [0.29, 0.717) is 29.3 Å². The Bertz CT molecular complexity index is 1050. The third kappa shape index (κ3) is 4.21. The van der Waals surface area contributed by atoms with E-state index in [2.05, 4.69) is 13.8 Å². The van der Waals surface area contributed by atoms with Gasteiger partial charge in [0.2, 0.25) is 0 Å². The van der Waals surface area contributed by atoms with Crippen LogP contribution < -0.4 is 5.63 Å². The van der Waals surface area contributed by atoms with Crippen LogP contribution in [0.4, 0.5) is 0 Å². The van der Waals surface area contributed by atoms with Crippen LogP contribution in [-0.2, 0) is 9.53 Å². The van der Waals surface area contributed by atoms with Crippen LogP contribution >= 0.6 is 0 Å². The van der Waals surface area contributed by atoms with Crippen molar-refractivity contribution in [2.75, 3.05) is 6.61 Å². The first kappa shape index (κ1) is 27.9. The predicted molar refractivity (Wildman–Crippen MR) is 136 cm³/mol. The molecule has 1 saturated heterocycles. The van der Waals surface area contributed by atoms with Crippen LogP contribution in [0.2, 0.25) is 0 Å². The van der Waals surface area contributed by atoms with Crippen molar-refractivity contribution in [2.24, 2.45) is 28.6 Å². The fourth-order valence-electron chi connectivity index (χ4n) is 9.15. The summed E-state index contributed by atoms with van der Waals surface area (Å²) in [6.45, 7) is 4.28. The van der Waals surface area contributed by atoms with Crippen molar-refractivity contribution < 1.29 is 39.5 Å². The summed E-state index contributed by atoms with van der Waals surface area (Å²) in [6, 6.07) is 3.55. The Labute approximate surface area is 222 Å². The van der Waals surface area contributed by atoms with E-state index in [1.54, 1.807) is 12.3 Å². The highest BCUT2D eigenvalue weighted by molar-refractivity contribution is 5.56. The molecule has 0 amide bonds. The average Bonchev–Trinajstić information content (AvgIpc) is 3.58. The third-order valence-corrected chi connectivity index (χ3v) is 11.3. The first-order valence-corrected chi connectivity index (χ1v) is 14.1. The standard InChI is InChI=1S/C24H32O4.C5H10O5/c1-22-9-7-16(25)11-15(22)4-5-18-17(22)8-10-23(2)19(12-20-24(18,23)28-20)14-3-6-21(26)27-13-14;6-1-3(8)5(10)4(9)2-7/h3,6,13,15-20,25H,4-5,7-12H2,1-2H3;1,3-5,7-10H,2H2/t15-,16+,17+,18-,19-,20-,22+,23-,24-;3-,4+,5-/m10/s1. The molecular weight excluding hydrogens is 492 g/mol. The first-order chi connectivity index (χ1) is 18.0. The van der Waals surface area contributed by atoms with E-state index in [-0.39, 0.29) is 29.0 Å². The Balaban J connectivity index is 0.000000253. The summed E-state index contributed by atoms with van der Waals surface area (Å²) in [4.78, 5) is 21.2. The second-order valence-corrected chi connectivity index (χ2v) is 12.8. The van der Waals surface area contributed by atoms with Gasteiger partial charge in [-0.25, -0.2) is 4.79 Å². The maximum atomic E-state index is 11.4. The van der Waals surface area contributed by atoms with Crippen molar-refractivity contribution in [2.45, 2.75) is 107 Å². The number of hydrogen-bond acceptors (Lipinski definition) is 9. The largest absolute Gasteiger partial charge is 0.431 e. The average molecular weight is 535 g/mol. The summed E-state index contributed by atoms with van der Waals surface area (Å²) >= 11 is 0. The Kier molecular flexibility index (Phi) is 7.42. The maximum absolute atomic E-state index is 11.4. The van der Waals surface area contributed by atoms with Crippen LogP contribution in [0.1, 0.15) is 76.7 Å². The van der Waals surface area contributed by atoms with Crippen molar-refractivity contribution in [3.63, 3.8) is 0 Å². The van der Waals surface area contributed by atoms with E-state index in [1.807, 2.05) is 6.07 Å². The number of hydrogen-bond donors (Lipinski definition) is 5. The highest BCUT2D eigenvalue weighted by Crippen LogP contribution is 2.77. The number of carbonyl (C=O) groups is 1. The third-order valence-electron chi connectivity index (χ3n) is 11.3. The lowest BCUT2D eigenvalue weighted by atomic mass is 9.44. The van der Waals surface area contributed by atoms with Crippen LogP contribution in [0.5, 0.6) is 0 Å². The molecule has 0 radical (unpaired) electrons. The topological polar surface area (TPSA) is 161 Å². The van der Waals surface area contributed by atoms with Gasteiger partial charge in [0.25, 0.3) is 0 Å².